The fourth-order valence-electron chi connectivity index (χ4n) is 4.41. The molecule has 4 N–H and O–H groups in total. The van der Waals surface area contributed by atoms with Gasteiger partial charge in [0.1, 0.15) is 6.29 Å². The summed E-state index contributed by atoms with van der Waals surface area (Å²) in [5.41, 5.74) is 3.41. The number of hydrazine groups is 1. The summed E-state index contributed by atoms with van der Waals surface area (Å²) in [6.45, 7) is 8.25. The van der Waals surface area contributed by atoms with E-state index in [0.717, 1.165) is 58.5 Å². The maximum absolute atomic E-state index is 5.42. The molecule has 0 aromatic carbocycles. The highest BCUT2D eigenvalue weighted by atomic mass is 16.5. The van der Waals surface area contributed by atoms with Gasteiger partial charge in [-0.1, -0.05) is 6.42 Å². The molecule has 0 radical (unpaired) electrons. The molecule has 4 unspecified atom stereocenters. The Bertz CT molecular complexity index is 364. The van der Waals surface area contributed by atoms with Gasteiger partial charge in [-0.05, 0) is 18.8 Å². The van der Waals surface area contributed by atoms with E-state index in [2.05, 4.69) is 31.3 Å². The molecule has 3 heterocycles. The number of hydrogen-bond acceptors (Lipinski definition) is 7. The van der Waals surface area contributed by atoms with Gasteiger partial charge >= 0.3 is 0 Å². The van der Waals surface area contributed by atoms with Crippen molar-refractivity contribution in [2.75, 3.05) is 52.6 Å². The second kappa shape index (κ2) is 7.09. The first-order chi connectivity index (χ1) is 10.9. The van der Waals surface area contributed by atoms with Gasteiger partial charge in [-0.15, -0.1) is 0 Å². The van der Waals surface area contributed by atoms with Crippen LogP contribution in [0.3, 0.4) is 0 Å². The largest absolute Gasteiger partial charge is 0.379 e. The monoisotopic (exact) mass is 310 g/mol. The molecule has 3 saturated heterocycles. The molecular formula is C15H30N6O. The van der Waals surface area contributed by atoms with Gasteiger partial charge in [0.05, 0.1) is 19.9 Å². The SMILES string of the molecule is C1CC2CN3NCNC3NC2C(NCCN2CCOCC2)C1. The molecule has 4 atom stereocenters. The van der Waals surface area contributed by atoms with Gasteiger partial charge < -0.3 is 10.1 Å². The average molecular weight is 310 g/mol. The number of fused-ring (bicyclic) bond motifs is 2. The van der Waals surface area contributed by atoms with Crippen molar-refractivity contribution >= 4 is 0 Å². The normalized spacial score (nSPS) is 40.4. The Morgan fingerprint density at radius 3 is 3.00 bits per heavy atom. The third kappa shape index (κ3) is 3.31. The first-order valence-corrected chi connectivity index (χ1v) is 8.93. The predicted molar refractivity (Wildman–Crippen MR) is 84.9 cm³/mol. The highest BCUT2D eigenvalue weighted by Crippen LogP contribution is 2.29. The standard InChI is InChI=1S/C15H30N6O/c1-2-12-10-21-15(17-11-18-21)19-14(12)13(3-1)16-4-5-20-6-8-22-9-7-20/h12-19H,1-11H2. The summed E-state index contributed by atoms with van der Waals surface area (Å²) in [7, 11) is 0. The van der Waals surface area contributed by atoms with E-state index in [9.17, 15) is 0 Å². The molecule has 3 aliphatic heterocycles. The molecule has 22 heavy (non-hydrogen) atoms. The predicted octanol–water partition coefficient (Wildman–Crippen LogP) is -1.30. The molecule has 7 heteroatoms. The average Bonchev–Trinajstić information content (AvgIpc) is 3.01. The summed E-state index contributed by atoms with van der Waals surface area (Å²) < 4.78 is 5.42. The van der Waals surface area contributed by atoms with Crippen LogP contribution in [0.25, 0.3) is 0 Å². The first kappa shape index (κ1) is 15.3. The number of nitrogens with zero attached hydrogens (tertiary/aromatic N) is 2. The smallest absolute Gasteiger partial charge is 0.128 e. The van der Waals surface area contributed by atoms with Crippen molar-refractivity contribution in [2.45, 2.75) is 37.6 Å². The van der Waals surface area contributed by atoms with Crippen molar-refractivity contribution in [3.8, 4) is 0 Å². The Morgan fingerprint density at radius 1 is 1.18 bits per heavy atom. The molecule has 1 aliphatic carbocycles. The molecule has 0 aromatic rings. The minimum atomic E-state index is 0.308. The van der Waals surface area contributed by atoms with Crippen LogP contribution >= 0.6 is 0 Å². The Morgan fingerprint density at radius 2 is 2.09 bits per heavy atom. The highest BCUT2D eigenvalue weighted by Gasteiger charge is 2.42. The van der Waals surface area contributed by atoms with E-state index >= 15 is 0 Å². The minimum Gasteiger partial charge on any atom is -0.379 e. The van der Waals surface area contributed by atoms with E-state index < -0.39 is 0 Å². The van der Waals surface area contributed by atoms with E-state index in [-0.39, 0.29) is 0 Å². The molecule has 7 nitrogen and oxygen atoms in total. The maximum Gasteiger partial charge on any atom is 0.128 e. The van der Waals surface area contributed by atoms with Gasteiger partial charge in [-0.25, -0.2) is 10.4 Å². The van der Waals surface area contributed by atoms with E-state index in [1.807, 2.05) is 0 Å². The van der Waals surface area contributed by atoms with E-state index in [4.69, 9.17) is 4.74 Å². The summed E-state index contributed by atoms with van der Waals surface area (Å²) in [5.74, 6) is 0.762. The molecule has 0 aromatic heterocycles. The zero-order valence-electron chi connectivity index (χ0n) is 13.4. The van der Waals surface area contributed by atoms with Crippen LogP contribution in [0.1, 0.15) is 19.3 Å². The van der Waals surface area contributed by atoms with Crippen LogP contribution in [0.4, 0.5) is 0 Å². The van der Waals surface area contributed by atoms with Gasteiger partial charge in [0, 0.05) is 44.8 Å². The molecule has 0 bridgehead atoms. The van der Waals surface area contributed by atoms with Crippen molar-refractivity contribution in [3.05, 3.63) is 0 Å². The lowest BCUT2D eigenvalue weighted by molar-refractivity contribution is 0.0176. The molecule has 0 spiro atoms. The van der Waals surface area contributed by atoms with Crippen LogP contribution < -0.4 is 21.4 Å². The topological polar surface area (TPSA) is 63.8 Å². The summed E-state index contributed by atoms with van der Waals surface area (Å²) >= 11 is 0. The maximum atomic E-state index is 5.42. The van der Waals surface area contributed by atoms with Gasteiger partial charge in [0.25, 0.3) is 0 Å². The molecule has 4 fully saturated rings. The molecule has 0 amide bonds. The van der Waals surface area contributed by atoms with Crippen LogP contribution in [0.5, 0.6) is 0 Å². The second-order valence-electron chi connectivity index (χ2n) is 6.99. The van der Waals surface area contributed by atoms with Crippen LogP contribution in [-0.2, 0) is 4.74 Å². The van der Waals surface area contributed by atoms with Gasteiger partial charge in [-0.2, -0.15) is 0 Å². The summed E-state index contributed by atoms with van der Waals surface area (Å²) in [4.78, 5) is 2.51. The van der Waals surface area contributed by atoms with Crippen LogP contribution in [-0.4, -0.2) is 80.9 Å². The van der Waals surface area contributed by atoms with E-state index in [1.54, 1.807) is 0 Å². The van der Waals surface area contributed by atoms with Crippen molar-refractivity contribution in [1.29, 1.82) is 0 Å². The van der Waals surface area contributed by atoms with Gasteiger partial charge in [-0.3, -0.25) is 15.5 Å². The third-order valence-corrected chi connectivity index (χ3v) is 5.64. The lowest BCUT2D eigenvalue weighted by atomic mass is 9.79. The minimum absolute atomic E-state index is 0.308. The Kier molecular flexibility index (Phi) is 4.92. The fourth-order valence-corrected chi connectivity index (χ4v) is 4.41. The van der Waals surface area contributed by atoms with Crippen molar-refractivity contribution in [1.82, 2.24) is 31.3 Å². The Balaban J connectivity index is 1.27. The lowest BCUT2D eigenvalue weighted by Crippen LogP contribution is -2.68. The van der Waals surface area contributed by atoms with Gasteiger partial charge in [0.15, 0.2) is 0 Å². The zero-order chi connectivity index (χ0) is 14.8. The van der Waals surface area contributed by atoms with Crippen LogP contribution in [0, 0.1) is 5.92 Å². The van der Waals surface area contributed by atoms with Crippen LogP contribution in [0.15, 0.2) is 0 Å². The van der Waals surface area contributed by atoms with Crippen molar-refractivity contribution in [3.63, 3.8) is 0 Å². The quantitative estimate of drug-likeness (QED) is 0.515. The number of hydrogen-bond donors (Lipinski definition) is 4. The molecule has 4 rings (SSSR count). The molecular weight excluding hydrogens is 280 g/mol. The third-order valence-electron chi connectivity index (χ3n) is 5.64. The van der Waals surface area contributed by atoms with Crippen molar-refractivity contribution < 1.29 is 4.74 Å². The number of ether oxygens (including phenoxy) is 1. The second-order valence-corrected chi connectivity index (χ2v) is 6.99. The van der Waals surface area contributed by atoms with Gasteiger partial charge in [0.2, 0.25) is 0 Å². The number of nitrogens with one attached hydrogen (secondary N) is 4. The summed E-state index contributed by atoms with van der Waals surface area (Å²) in [5, 5.41) is 13.5. The highest BCUT2D eigenvalue weighted by molar-refractivity contribution is 4.98. The number of morpholine rings is 1. The molecule has 1 saturated carbocycles. The fraction of sp³-hybridized carbons (Fsp3) is 1.00. The summed E-state index contributed by atoms with van der Waals surface area (Å²) in [6.07, 6.45) is 4.31. The first-order valence-electron chi connectivity index (χ1n) is 8.93. The van der Waals surface area contributed by atoms with E-state index in [0.29, 0.717) is 18.4 Å². The van der Waals surface area contributed by atoms with Crippen LogP contribution in [0.2, 0.25) is 0 Å². The zero-order valence-corrected chi connectivity index (χ0v) is 13.4. The molecule has 4 aliphatic rings. The van der Waals surface area contributed by atoms with Crippen molar-refractivity contribution in [2.24, 2.45) is 5.92 Å². The Hall–Kier alpha value is -0.280. The number of rotatable bonds is 4. The lowest BCUT2D eigenvalue weighted by Gasteiger charge is -2.47. The summed E-state index contributed by atoms with van der Waals surface area (Å²) in [6, 6.07) is 1.22. The van der Waals surface area contributed by atoms with E-state index in [1.165, 1.54) is 19.3 Å². The Labute approximate surface area is 133 Å². The molecule has 126 valence electrons.